The van der Waals surface area contributed by atoms with Gasteiger partial charge >= 0.3 is 5.97 Å². The fourth-order valence-electron chi connectivity index (χ4n) is 2.13. The lowest BCUT2D eigenvalue weighted by atomic mass is 10.1. The van der Waals surface area contributed by atoms with E-state index >= 15 is 0 Å². The molecule has 5 nitrogen and oxygen atoms in total. The Morgan fingerprint density at radius 2 is 1.83 bits per heavy atom. The molecule has 0 saturated carbocycles. The second-order valence-electron chi connectivity index (χ2n) is 5.31. The Morgan fingerprint density at radius 3 is 2.43 bits per heavy atom. The van der Waals surface area contributed by atoms with E-state index in [1.54, 1.807) is 24.3 Å². The van der Waals surface area contributed by atoms with Gasteiger partial charge in [-0.1, -0.05) is 12.1 Å². The lowest BCUT2D eigenvalue weighted by Crippen LogP contribution is -2.12. The molecule has 2 rings (SSSR count). The summed E-state index contributed by atoms with van der Waals surface area (Å²) in [6.07, 6.45) is 0.984. The minimum absolute atomic E-state index is 0.0880. The fourth-order valence-corrected chi connectivity index (χ4v) is 2.13. The molecule has 0 aromatic heterocycles. The van der Waals surface area contributed by atoms with Crippen LogP contribution in [0.25, 0.3) is 0 Å². The van der Waals surface area contributed by atoms with Crippen LogP contribution >= 0.6 is 0 Å². The number of carbonyl (C=O) groups excluding carboxylic acids is 2. The van der Waals surface area contributed by atoms with Gasteiger partial charge in [0.25, 0.3) is 0 Å². The highest BCUT2D eigenvalue weighted by molar-refractivity contribution is 5.93. The Bertz CT molecular complexity index is 709. The van der Waals surface area contributed by atoms with Gasteiger partial charge in [-0.05, 0) is 54.8 Å². The van der Waals surface area contributed by atoms with Gasteiger partial charge in [-0.25, -0.2) is 4.79 Å². The summed E-state index contributed by atoms with van der Waals surface area (Å²) in [5, 5.41) is 2.80. The quantitative estimate of drug-likeness (QED) is 0.657. The first kappa shape index (κ1) is 16.5. The first-order valence-electron chi connectivity index (χ1n) is 7.33. The molecule has 0 heterocycles. The number of hydrogen-bond donors (Lipinski definition) is 2. The summed E-state index contributed by atoms with van der Waals surface area (Å²) < 4.78 is 4.63. The van der Waals surface area contributed by atoms with E-state index in [2.05, 4.69) is 10.1 Å². The molecule has 5 heteroatoms. The van der Waals surface area contributed by atoms with Crippen LogP contribution in [0, 0.1) is 6.92 Å². The van der Waals surface area contributed by atoms with Crippen LogP contribution < -0.4 is 11.1 Å². The summed E-state index contributed by atoms with van der Waals surface area (Å²) in [6.45, 7) is 1.95. The molecule has 0 spiro atoms. The summed E-state index contributed by atoms with van der Waals surface area (Å²) in [5.74, 6) is -0.491. The Balaban J connectivity index is 1.89. The SMILES string of the molecule is COC(=O)c1ccc(NC(=O)CCc2ccc(C)c(N)c2)cc1. The van der Waals surface area contributed by atoms with Gasteiger partial charge in [-0.15, -0.1) is 0 Å². The molecule has 120 valence electrons. The Hall–Kier alpha value is -2.82. The van der Waals surface area contributed by atoms with Crippen LogP contribution in [0.3, 0.4) is 0 Å². The van der Waals surface area contributed by atoms with Crippen molar-refractivity contribution in [3.8, 4) is 0 Å². The van der Waals surface area contributed by atoms with Gasteiger partial charge in [0.05, 0.1) is 12.7 Å². The molecular formula is C18H20N2O3. The van der Waals surface area contributed by atoms with Gasteiger partial charge in [0.1, 0.15) is 0 Å². The fraction of sp³-hybridized carbons (Fsp3) is 0.222. The number of amides is 1. The van der Waals surface area contributed by atoms with E-state index in [4.69, 9.17) is 5.73 Å². The Kier molecular flexibility index (Phi) is 5.36. The van der Waals surface area contributed by atoms with Crippen molar-refractivity contribution in [2.75, 3.05) is 18.2 Å². The number of ether oxygens (including phenoxy) is 1. The number of anilines is 2. The van der Waals surface area contributed by atoms with Crippen molar-refractivity contribution in [1.29, 1.82) is 0 Å². The number of nitrogens with two attached hydrogens (primary N) is 1. The highest BCUT2D eigenvalue weighted by Gasteiger charge is 2.07. The first-order chi connectivity index (χ1) is 11.0. The van der Waals surface area contributed by atoms with E-state index in [1.165, 1.54) is 7.11 Å². The lowest BCUT2D eigenvalue weighted by Gasteiger charge is -2.07. The Labute approximate surface area is 135 Å². The van der Waals surface area contributed by atoms with Gasteiger partial charge in [0.15, 0.2) is 0 Å². The highest BCUT2D eigenvalue weighted by atomic mass is 16.5. The predicted molar refractivity (Wildman–Crippen MR) is 90.3 cm³/mol. The minimum Gasteiger partial charge on any atom is -0.465 e. The molecule has 0 unspecified atom stereocenters. The number of nitrogens with one attached hydrogen (secondary N) is 1. The van der Waals surface area contributed by atoms with Crippen LogP contribution in [0.4, 0.5) is 11.4 Å². The monoisotopic (exact) mass is 312 g/mol. The lowest BCUT2D eigenvalue weighted by molar-refractivity contribution is -0.116. The average Bonchev–Trinajstić information content (AvgIpc) is 2.56. The van der Waals surface area contributed by atoms with Crippen LogP contribution in [-0.4, -0.2) is 19.0 Å². The number of nitrogen functional groups attached to an aromatic ring is 1. The van der Waals surface area contributed by atoms with Gasteiger partial charge in [0.2, 0.25) is 5.91 Å². The molecular weight excluding hydrogens is 292 g/mol. The molecule has 23 heavy (non-hydrogen) atoms. The van der Waals surface area contributed by atoms with Crippen LogP contribution in [0.1, 0.15) is 27.9 Å². The van der Waals surface area contributed by atoms with Gasteiger partial charge in [-0.3, -0.25) is 4.79 Å². The third-order valence-electron chi connectivity index (χ3n) is 3.57. The van der Waals surface area contributed by atoms with Crippen molar-refractivity contribution >= 4 is 23.3 Å². The zero-order chi connectivity index (χ0) is 16.8. The number of aryl methyl sites for hydroxylation is 2. The van der Waals surface area contributed by atoms with E-state index in [0.717, 1.165) is 16.8 Å². The molecule has 0 atom stereocenters. The van der Waals surface area contributed by atoms with Crippen LogP contribution in [0.5, 0.6) is 0 Å². The third-order valence-corrected chi connectivity index (χ3v) is 3.57. The number of hydrogen-bond acceptors (Lipinski definition) is 4. The number of esters is 1. The smallest absolute Gasteiger partial charge is 0.337 e. The average molecular weight is 312 g/mol. The molecule has 0 aliphatic heterocycles. The number of methoxy groups -OCH3 is 1. The number of rotatable bonds is 5. The number of carbonyl (C=O) groups is 2. The van der Waals surface area contributed by atoms with Gasteiger partial charge in [-0.2, -0.15) is 0 Å². The first-order valence-corrected chi connectivity index (χ1v) is 7.33. The number of benzene rings is 2. The standard InChI is InChI=1S/C18H20N2O3/c1-12-3-4-13(11-16(12)19)5-10-17(21)20-15-8-6-14(7-9-15)18(22)23-2/h3-4,6-9,11H,5,10,19H2,1-2H3,(H,20,21). The van der Waals surface area contributed by atoms with Gasteiger partial charge < -0.3 is 15.8 Å². The maximum atomic E-state index is 12.0. The van der Waals surface area contributed by atoms with E-state index in [0.29, 0.717) is 24.1 Å². The zero-order valence-electron chi connectivity index (χ0n) is 13.3. The summed E-state index contributed by atoms with van der Waals surface area (Å²) in [5.41, 5.74) is 9.75. The molecule has 0 radical (unpaired) electrons. The second kappa shape index (κ2) is 7.45. The second-order valence-corrected chi connectivity index (χ2v) is 5.31. The molecule has 0 bridgehead atoms. The molecule has 3 N–H and O–H groups in total. The van der Waals surface area contributed by atoms with Crippen molar-refractivity contribution in [3.05, 3.63) is 59.2 Å². The van der Waals surface area contributed by atoms with Crippen LogP contribution in [-0.2, 0) is 16.0 Å². The summed E-state index contributed by atoms with van der Waals surface area (Å²) >= 11 is 0. The summed E-state index contributed by atoms with van der Waals surface area (Å²) in [7, 11) is 1.33. The molecule has 0 aliphatic rings. The van der Waals surface area contributed by atoms with Crippen molar-refractivity contribution in [3.63, 3.8) is 0 Å². The summed E-state index contributed by atoms with van der Waals surface area (Å²) in [4.78, 5) is 23.3. The maximum absolute atomic E-state index is 12.0. The Morgan fingerprint density at radius 1 is 1.13 bits per heavy atom. The zero-order valence-corrected chi connectivity index (χ0v) is 13.3. The third kappa shape index (κ3) is 4.57. The van der Waals surface area contributed by atoms with E-state index in [-0.39, 0.29) is 5.91 Å². The van der Waals surface area contributed by atoms with E-state index < -0.39 is 5.97 Å². The molecule has 0 aliphatic carbocycles. The largest absolute Gasteiger partial charge is 0.465 e. The molecule has 0 fully saturated rings. The topological polar surface area (TPSA) is 81.4 Å². The van der Waals surface area contributed by atoms with E-state index in [1.807, 2.05) is 25.1 Å². The van der Waals surface area contributed by atoms with Crippen molar-refractivity contribution < 1.29 is 14.3 Å². The van der Waals surface area contributed by atoms with Crippen molar-refractivity contribution in [1.82, 2.24) is 0 Å². The maximum Gasteiger partial charge on any atom is 0.337 e. The minimum atomic E-state index is -0.403. The van der Waals surface area contributed by atoms with Crippen LogP contribution in [0.2, 0.25) is 0 Å². The van der Waals surface area contributed by atoms with Gasteiger partial charge in [0, 0.05) is 17.8 Å². The molecule has 0 saturated heterocycles. The highest BCUT2D eigenvalue weighted by Crippen LogP contribution is 2.15. The predicted octanol–water partition coefficient (Wildman–Crippen LogP) is 2.94. The van der Waals surface area contributed by atoms with E-state index in [9.17, 15) is 9.59 Å². The normalized spacial score (nSPS) is 10.2. The summed E-state index contributed by atoms with van der Waals surface area (Å²) in [6, 6.07) is 12.4. The molecule has 2 aromatic carbocycles. The van der Waals surface area contributed by atoms with Crippen molar-refractivity contribution in [2.45, 2.75) is 19.8 Å². The molecule has 1 amide bonds. The van der Waals surface area contributed by atoms with Crippen molar-refractivity contribution in [2.24, 2.45) is 0 Å². The molecule has 2 aromatic rings. The van der Waals surface area contributed by atoms with Crippen LogP contribution in [0.15, 0.2) is 42.5 Å².